The molecule has 3 heteroatoms. The molecule has 3 nitrogen and oxygen atoms in total. The topological polar surface area (TPSA) is 35.5 Å². The van der Waals surface area contributed by atoms with Gasteiger partial charge in [0, 0.05) is 6.54 Å². The van der Waals surface area contributed by atoms with Crippen LogP contribution >= 0.6 is 0 Å². The Morgan fingerprint density at radius 2 is 1.94 bits per heavy atom. The van der Waals surface area contributed by atoms with Crippen LogP contribution in [0.2, 0.25) is 0 Å². The van der Waals surface area contributed by atoms with E-state index in [4.69, 9.17) is 0 Å². The van der Waals surface area contributed by atoms with Crippen molar-refractivity contribution >= 4 is 0 Å². The molecule has 0 aromatic heterocycles. The Bertz CT molecular complexity index is 219. The first kappa shape index (κ1) is 15.9. The number of hydrogen-bond acceptors (Lipinski definition) is 3. The van der Waals surface area contributed by atoms with E-state index >= 15 is 0 Å². The third-order valence-corrected chi connectivity index (χ3v) is 4.06. The first-order valence-corrected chi connectivity index (χ1v) is 7.73. The van der Waals surface area contributed by atoms with Crippen molar-refractivity contribution in [3.63, 3.8) is 0 Å². The van der Waals surface area contributed by atoms with E-state index in [2.05, 4.69) is 31.1 Å². The van der Waals surface area contributed by atoms with Crippen LogP contribution in [0.5, 0.6) is 0 Å². The van der Waals surface area contributed by atoms with Crippen molar-refractivity contribution in [2.45, 2.75) is 57.9 Å². The second kappa shape index (κ2) is 8.13. The highest BCUT2D eigenvalue weighted by atomic mass is 16.3. The van der Waals surface area contributed by atoms with Gasteiger partial charge in [0.25, 0.3) is 0 Å². The molecule has 1 fully saturated rings. The normalized spacial score (nSPS) is 19.2. The first-order chi connectivity index (χ1) is 8.68. The molecule has 0 spiro atoms. The minimum atomic E-state index is -0.0447. The summed E-state index contributed by atoms with van der Waals surface area (Å²) in [7, 11) is 2.19. The molecule has 1 atom stereocenters. The maximum Gasteiger partial charge on any atom is 0.0628 e. The number of rotatable bonds is 11. The summed E-state index contributed by atoms with van der Waals surface area (Å²) < 4.78 is 0. The highest BCUT2D eigenvalue weighted by Crippen LogP contribution is 2.40. The summed E-state index contributed by atoms with van der Waals surface area (Å²) in [4.78, 5) is 2.40. The lowest BCUT2D eigenvalue weighted by Gasteiger charge is -2.37. The van der Waals surface area contributed by atoms with Crippen molar-refractivity contribution in [3.8, 4) is 0 Å². The first-order valence-electron chi connectivity index (χ1n) is 7.73. The zero-order chi connectivity index (χ0) is 13.4. The van der Waals surface area contributed by atoms with Crippen molar-refractivity contribution in [2.24, 2.45) is 5.92 Å². The molecule has 108 valence electrons. The zero-order valence-corrected chi connectivity index (χ0v) is 12.5. The number of unbranched alkanes of at least 4 members (excludes halogenated alkanes) is 2. The summed E-state index contributed by atoms with van der Waals surface area (Å²) in [6, 6.07) is 0. The summed E-state index contributed by atoms with van der Waals surface area (Å²) >= 11 is 0. The van der Waals surface area contributed by atoms with Crippen LogP contribution in [-0.4, -0.2) is 48.8 Å². The molecule has 0 heterocycles. The fourth-order valence-electron chi connectivity index (χ4n) is 2.77. The molecule has 2 N–H and O–H groups in total. The lowest BCUT2D eigenvalue weighted by atomic mass is 9.93. The van der Waals surface area contributed by atoms with Crippen LogP contribution in [0, 0.1) is 5.92 Å². The van der Waals surface area contributed by atoms with Crippen LogP contribution < -0.4 is 5.32 Å². The van der Waals surface area contributed by atoms with Gasteiger partial charge in [0.15, 0.2) is 0 Å². The van der Waals surface area contributed by atoms with Crippen LogP contribution in [0.3, 0.4) is 0 Å². The van der Waals surface area contributed by atoms with Gasteiger partial charge in [-0.2, -0.15) is 0 Å². The van der Waals surface area contributed by atoms with E-state index in [1.807, 2.05) is 0 Å². The standard InChI is InChI=1S/C15H32N2O/c1-4-6-7-11-17(3)12-15(13-18,14-8-9-14)16-10-5-2/h14,16,18H,4-13H2,1-3H3. The van der Waals surface area contributed by atoms with Crippen LogP contribution in [-0.2, 0) is 0 Å². The van der Waals surface area contributed by atoms with Gasteiger partial charge in [-0.1, -0.05) is 26.7 Å². The summed E-state index contributed by atoms with van der Waals surface area (Å²) in [5, 5.41) is 13.5. The van der Waals surface area contributed by atoms with Crippen LogP contribution in [0.25, 0.3) is 0 Å². The molecule has 0 amide bonds. The number of nitrogens with one attached hydrogen (secondary N) is 1. The predicted octanol–water partition coefficient (Wildman–Crippen LogP) is 2.25. The molecule has 18 heavy (non-hydrogen) atoms. The Morgan fingerprint density at radius 3 is 2.44 bits per heavy atom. The predicted molar refractivity (Wildman–Crippen MR) is 77.9 cm³/mol. The minimum Gasteiger partial charge on any atom is -0.394 e. The number of likely N-dealkylation sites (N-methyl/N-ethyl adjacent to an activating group) is 1. The van der Waals surface area contributed by atoms with E-state index in [0.29, 0.717) is 5.92 Å². The Kier molecular flexibility index (Phi) is 7.20. The fraction of sp³-hybridized carbons (Fsp3) is 1.00. The number of aliphatic hydroxyl groups excluding tert-OH is 1. The lowest BCUT2D eigenvalue weighted by Crippen LogP contribution is -2.57. The molecule has 1 unspecified atom stereocenters. The quantitative estimate of drug-likeness (QED) is 0.557. The molecule has 0 bridgehead atoms. The molecule has 1 saturated carbocycles. The van der Waals surface area contributed by atoms with Crippen molar-refractivity contribution < 1.29 is 5.11 Å². The molecule has 0 radical (unpaired) electrons. The number of nitrogens with zero attached hydrogens (tertiary/aromatic N) is 1. The zero-order valence-electron chi connectivity index (χ0n) is 12.5. The third kappa shape index (κ3) is 4.87. The smallest absolute Gasteiger partial charge is 0.0628 e. The molecule has 1 aliphatic carbocycles. The van der Waals surface area contributed by atoms with Crippen LogP contribution in [0.15, 0.2) is 0 Å². The van der Waals surface area contributed by atoms with E-state index in [-0.39, 0.29) is 12.1 Å². The maximum atomic E-state index is 9.84. The van der Waals surface area contributed by atoms with E-state index in [9.17, 15) is 5.11 Å². The summed E-state index contributed by atoms with van der Waals surface area (Å²) in [5.41, 5.74) is -0.0447. The average Bonchev–Trinajstić information content (AvgIpc) is 3.19. The molecule has 1 rings (SSSR count). The second-order valence-corrected chi connectivity index (χ2v) is 5.96. The van der Waals surface area contributed by atoms with E-state index in [0.717, 1.165) is 26.1 Å². The van der Waals surface area contributed by atoms with Crippen molar-refractivity contribution in [1.29, 1.82) is 0 Å². The molecular formula is C15H32N2O. The second-order valence-electron chi connectivity index (χ2n) is 5.96. The SMILES string of the molecule is CCCCCN(C)CC(CO)(NCCC)C1CC1. The van der Waals surface area contributed by atoms with Gasteiger partial charge in [-0.05, 0) is 51.7 Å². The van der Waals surface area contributed by atoms with Gasteiger partial charge >= 0.3 is 0 Å². The average molecular weight is 256 g/mol. The van der Waals surface area contributed by atoms with Crippen molar-refractivity contribution in [3.05, 3.63) is 0 Å². The van der Waals surface area contributed by atoms with Crippen LogP contribution in [0.1, 0.15) is 52.4 Å². The largest absolute Gasteiger partial charge is 0.394 e. The van der Waals surface area contributed by atoms with Gasteiger partial charge in [0.05, 0.1) is 12.1 Å². The highest BCUT2D eigenvalue weighted by Gasteiger charge is 2.44. The molecule has 0 aromatic carbocycles. The van der Waals surface area contributed by atoms with Gasteiger partial charge in [-0.3, -0.25) is 0 Å². The Morgan fingerprint density at radius 1 is 1.22 bits per heavy atom. The Hall–Kier alpha value is -0.120. The summed E-state index contributed by atoms with van der Waals surface area (Å²) in [6.07, 6.45) is 7.54. The molecule has 1 aliphatic rings. The van der Waals surface area contributed by atoms with Crippen molar-refractivity contribution in [1.82, 2.24) is 10.2 Å². The summed E-state index contributed by atoms with van der Waals surface area (Å²) in [5.74, 6) is 0.683. The Balaban J connectivity index is 2.43. The maximum absolute atomic E-state index is 9.84. The molecule has 0 aliphatic heterocycles. The van der Waals surface area contributed by atoms with Crippen molar-refractivity contribution in [2.75, 3.05) is 33.3 Å². The highest BCUT2D eigenvalue weighted by molar-refractivity contribution is 5.02. The number of hydrogen-bond donors (Lipinski definition) is 2. The van der Waals surface area contributed by atoms with Gasteiger partial charge < -0.3 is 15.3 Å². The fourth-order valence-corrected chi connectivity index (χ4v) is 2.77. The molecule has 0 saturated heterocycles. The van der Waals surface area contributed by atoms with E-state index in [1.54, 1.807) is 0 Å². The van der Waals surface area contributed by atoms with E-state index < -0.39 is 0 Å². The Labute approximate surface area is 113 Å². The third-order valence-electron chi connectivity index (χ3n) is 4.06. The molecule has 0 aromatic rings. The lowest BCUT2D eigenvalue weighted by molar-refractivity contribution is 0.100. The van der Waals surface area contributed by atoms with Gasteiger partial charge in [-0.15, -0.1) is 0 Å². The van der Waals surface area contributed by atoms with Gasteiger partial charge in [-0.25, -0.2) is 0 Å². The monoisotopic (exact) mass is 256 g/mol. The number of aliphatic hydroxyl groups is 1. The minimum absolute atomic E-state index is 0.0447. The molecular weight excluding hydrogens is 224 g/mol. The summed E-state index contributed by atoms with van der Waals surface area (Å²) in [6.45, 7) is 7.85. The van der Waals surface area contributed by atoms with Crippen LogP contribution in [0.4, 0.5) is 0 Å². The van der Waals surface area contributed by atoms with E-state index in [1.165, 1.54) is 32.1 Å². The van der Waals surface area contributed by atoms with Gasteiger partial charge in [0.2, 0.25) is 0 Å². The van der Waals surface area contributed by atoms with Gasteiger partial charge in [0.1, 0.15) is 0 Å².